The van der Waals surface area contributed by atoms with Crippen LogP contribution in [0.5, 0.6) is 0 Å². The molecule has 4 heterocycles. The molecule has 3 aromatic rings. The number of aromatic nitrogens is 3. The molecule has 10 nitrogen and oxygen atoms in total. The van der Waals surface area contributed by atoms with Gasteiger partial charge in [-0.3, -0.25) is 0 Å². The van der Waals surface area contributed by atoms with E-state index in [2.05, 4.69) is 9.97 Å². The van der Waals surface area contributed by atoms with E-state index in [-0.39, 0.29) is 36.2 Å². The number of fused-ring (bicyclic) bond motifs is 2. The molecular weight excluding hydrogens is 545 g/mol. The first-order valence-electron chi connectivity index (χ1n) is 13.2. The lowest BCUT2D eigenvalue weighted by atomic mass is 9.83. The Balaban J connectivity index is 1.54. The van der Waals surface area contributed by atoms with Crippen molar-refractivity contribution in [3.63, 3.8) is 0 Å². The summed E-state index contributed by atoms with van der Waals surface area (Å²) in [5.41, 5.74) is -2.79. The minimum Gasteiger partial charge on any atom is -0.444 e. The van der Waals surface area contributed by atoms with E-state index in [0.29, 0.717) is 16.7 Å². The van der Waals surface area contributed by atoms with Crippen LogP contribution in [0, 0.1) is 12.7 Å². The number of carbonyl (C=O) groups is 1. The third-order valence-electron chi connectivity index (χ3n) is 7.73. The standard InChI is InChI=1S/C28H33F3N4O6/c1-13-14-7-9-35(24(14)33-12-32-13)25-21(37)28(5,39)22(40-25)20(36)16-10-17(23(30)31)19(29)15-6-8-34(11-18(15)16)26(38)41-27(2,3)4/h7,9-10,12,20-23,25,36-37,39H,6,8,11H2,1-5H3/t20?,21-,22+,25+,28-/m0/s1. The van der Waals surface area contributed by atoms with Crippen molar-refractivity contribution in [3.05, 3.63) is 58.4 Å². The molecular formula is C28H33F3N4O6. The molecule has 0 spiro atoms. The molecule has 1 saturated heterocycles. The summed E-state index contributed by atoms with van der Waals surface area (Å²) in [4.78, 5) is 22.5. The van der Waals surface area contributed by atoms with Crippen molar-refractivity contribution < 1.29 is 42.8 Å². The molecule has 5 atom stereocenters. The number of benzene rings is 1. The number of rotatable bonds is 4. The minimum atomic E-state index is -3.19. The Labute approximate surface area is 234 Å². The van der Waals surface area contributed by atoms with Gasteiger partial charge in [0.15, 0.2) is 6.23 Å². The molecule has 13 heteroatoms. The fourth-order valence-electron chi connectivity index (χ4n) is 5.56. The van der Waals surface area contributed by atoms with Crippen LogP contribution >= 0.6 is 0 Å². The number of hydrogen-bond acceptors (Lipinski definition) is 8. The Hall–Kier alpha value is -3.26. The average Bonchev–Trinajstić information content (AvgIpc) is 3.41. The molecule has 3 N–H and O–H groups in total. The van der Waals surface area contributed by atoms with Crippen molar-refractivity contribution in [2.24, 2.45) is 0 Å². The van der Waals surface area contributed by atoms with E-state index >= 15 is 4.39 Å². The van der Waals surface area contributed by atoms with Crippen molar-refractivity contribution in [1.82, 2.24) is 19.4 Å². The highest BCUT2D eigenvalue weighted by Gasteiger charge is 2.56. The smallest absolute Gasteiger partial charge is 0.410 e. The summed E-state index contributed by atoms with van der Waals surface area (Å²) in [7, 11) is 0. The number of halogens is 3. The number of alkyl halides is 2. The fraction of sp³-hybridized carbons (Fsp3) is 0.536. The first-order chi connectivity index (χ1) is 19.1. The topological polar surface area (TPSA) is 130 Å². The Morgan fingerprint density at radius 1 is 1.24 bits per heavy atom. The van der Waals surface area contributed by atoms with Crippen molar-refractivity contribution in [2.45, 2.75) is 89.8 Å². The predicted octanol–water partition coefficient (Wildman–Crippen LogP) is 3.85. The van der Waals surface area contributed by atoms with Gasteiger partial charge in [-0.05, 0) is 69.9 Å². The maximum atomic E-state index is 15.2. The SMILES string of the molecule is Cc1ncnc2c1ccn2[C@@H]1O[C@H](C(O)c2cc(C(F)F)c(F)c3c2CN(C(=O)OC(C)(C)C)CC3)[C@@](C)(O)[C@H]1O. The lowest BCUT2D eigenvalue weighted by Crippen LogP contribution is -2.47. The minimum absolute atomic E-state index is 0.0153. The summed E-state index contributed by atoms with van der Waals surface area (Å²) in [5.74, 6) is -1.11. The molecule has 0 bridgehead atoms. The second-order valence-electron chi connectivity index (χ2n) is 11.8. The first-order valence-corrected chi connectivity index (χ1v) is 13.2. The maximum absolute atomic E-state index is 15.2. The normalized spacial score (nSPS) is 25.6. The van der Waals surface area contributed by atoms with Crippen LogP contribution in [0.4, 0.5) is 18.0 Å². The van der Waals surface area contributed by atoms with Gasteiger partial charge in [-0.15, -0.1) is 0 Å². The largest absolute Gasteiger partial charge is 0.444 e. The van der Waals surface area contributed by atoms with E-state index < -0.39 is 59.6 Å². The van der Waals surface area contributed by atoms with Crippen molar-refractivity contribution in [2.75, 3.05) is 6.54 Å². The zero-order valence-corrected chi connectivity index (χ0v) is 23.3. The van der Waals surface area contributed by atoms with E-state index in [4.69, 9.17) is 9.47 Å². The molecule has 2 aromatic heterocycles. The van der Waals surface area contributed by atoms with E-state index in [9.17, 15) is 28.9 Å². The number of aliphatic hydroxyl groups excluding tert-OH is 2. The molecule has 0 saturated carbocycles. The quantitative estimate of drug-likeness (QED) is 0.426. The van der Waals surface area contributed by atoms with Gasteiger partial charge in [0.05, 0.1) is 11.3 Å². The van der Waals surface area contributed by atoms with Gasteiger partial charge in [-0.2, -0.15) is 0 Å². The van der Waals surface area contributed by atoms with Gasteiger partial charge >= 0.3 is 6.09 Å². The highest BCUT2D eigenvalue weighted by Crippen LogP contribution is 2.45. The number of aliphatic hydroxyl groups is 3. The van der Waals surface area contributed by atoms with Crippen LogP contribution in [0.25, 0.3) is 11.0 Å². The summed E-state index contributed by atoms with van der Waals surface area (Å²) in [6.45, 7) is 7.90. The zero-order valence-electron chi connectivity index (χ0n) is 23.3. The van der Waals surface area contributed by atoms with Crippen LogP contribution in [0.15, 0.2) is 24.7 Å². The van der Waals surface area contributed by atoms with Gasteiger partial charge in [0.1, 0.15) is 47.3 Å². The highest BCUT2D eigenvalue weighted by atomic mass is 19.3. The molecule has 2 aliphatic rings. The van der Waals surface area contributed by atoms with Gasteiger partial charge in [-0.25, -0.2) is 27.9 Å². The maximum Gasteiger partial charge on any atom is 0.410 e. The summed E-state index contributed by atoms with van der Waals surface area (Å²) in [6.07, 6.45) is -7.12. The lowest BCUT2D eigenvalue weighted by molar-refractivity contribution is -0.115. The van der Waals surface area contributed by atoms with Crippen LogP contribution in [0.2, 0.25) is 0 Å². The molecule has 222 valence electrons. The molecule has 1 fully saturated rings. The van der Waals surface area contributed by atoms with Gasteiger partial charge in [0, 0.05) is 24.7 Å². The Bertz CT molecular complexity index is 1490. The molecule has 41 heavy (non-hydrogen) atoms. The molecule has 1 amide bonds. The number of hydrogen-bond donors (Lipinski definition) is 3. The summed E-state index contributed by atoms with van der Waals surface area (Å²) >= 11 is 0. The number of aryl methyl sites for hydroxylation is 1. The number of nitrogens with zero attached hydrogens (tertiary/aromatic N) is 4. The molecule has 0 aliphatic carbocycles. The van der Waals surface area contributed by atoms with Gasteiger partial charge in [0.25, 0.3) is 6.43 Å². The third kappa shape index (κ3) is 5.05. The second kappa shape index (κ2) is 10.2. The van der Waals surface area contributed by atoms with E-state index in [1.807, 2.05) is 0 Å². The molecule has 2 aliphatic heterocycles. The van der Waals surface area contributed by atoms with E-state index in [1.165, 1.54) is 22.7 Å². The zero-order chi connectivity index (χ0) is 30.0. The number of amides is 1. The third-order valence-corrected chi connectivity index (χ3v) is 7.73. The van der Waals surface area contributed by atoms with Crippen LogP contribution in [-0.2, 0) is 22.4 Å². The number of ether oxygens (including phenoxy) is 2. The van der Waals surface area contributed by atoms with Crippen LogP contribution < -0.4 is 0 Å². The molecule has 1 aromatic carbocycles. The highest BCUT2D eigenvalue weighted by molar-refractivity contribution is 5.78. The second-order valence-corrected chi connectivity index (χ2v) is 11.8. The van der Waals surface area contributed by atoms with Crippen molar-refractivity contribution >= 4 is 17.1 Å². The Kier molecular flexibility index (Phi) is 7.29. The fourth-order valence-corrected chi connectivity index (χ4v) is 5.56. The predicted molar refractivity (Wildman–Crippen MR) is 139 cm³/mol. The first kappa shape index (κ1) is 29.2. The van der Waals surface area contributed by atoms with Gasteiger partial charge < -0.3 is 34.3 Å². The average molecular weight is 579 g/mol. The summed E-state index contributed by atoms with van der Waals surface area (Å²) in [5, 5.41) is 34.8. The molecule has 1 unspecified atom stereocenters. The monoisotopic (exact) mass is 578 g/mol. The van der Waals surface area contributed by atoms with Gasteiger partial charge in [-0.1, -0.05) is 0 Å². The number of carbonyl (C=O) groups excluding carboxylic acids is 1. The van der Waals surface area contributed by atoms with Crippen LogP contribution in [0.1, 0.15) is 74.4 Å². The molecule has 5 rings (SSSR count). The van der Waals surface area contributed by atoms with Crippen molar-refractivity contribution in [1.29, 1.82) is 0 Å². The molecule has 0 radical (unpaired) electrons. The summed E-state index contributed by atoms with van der Waals surface area (Å²) < 4.78 is 56.0. The van der Waals surface area contributed by atoms with Crippen LogP contribution in [0.3, 0.4) is 0 Å². The lowest BCUT2D eigenvalue weighted by Gasteiger charge is -2.35. The van der Waals surface area contributed by atoms with E-state index in [1.54, 1.807) is 40.0 Å². The Morgan fingerprint density at radius 2 is 1.95 bits per heavy atom. The van der Waals surface area contributed by atoms with E-state index in [0.717, 1.165) is 6.07 Å². The van der Waals surface area contributed by atoms with Crippen molar-refractivity contribution in [3.8, 4) is 0 Å². The summed E-state index contributed by atoms with van der Waals surface area (Å²) in [6, 6.07) is 2.55. The Morgan fingerprint density at radius 3 is 2.61 bits per heavy atom. The van der Waals surface area contributed by atoms with Crippen LogP contribution in [-0.4, -0.2) is 70.8 Å². The van der Waals surface area contributed by atoms with Gasteiger partial charge in [0.2, 0.25) is 0 Å².